The lowest BCUT2D eigenvalue weighted by Crippen LogP contribution is -1.96. The van der Waals surface area contributed by atoms with Crippen LogP contribution in [0.3, 0.4) is 0 Å². The highest BCUT2D eigenvalue weighted by Crippen LogP contribution is 2.44. The molecule has 11 aromatic rings. The van der Waals surface area contributed by atoms with E-state index in [1.165, 1.54) is 68.8 Å². The zero-order chi connectivity index (χ0) is 34.9. The monoisotopic (exact) mass is 690 g/mol. The van der Waals surface area contributed by atoms with E-state index in [0.29, 0.717) is 0 Å². The van der Waals surface area contributed by atoms with Gasteiger partial charge >= 0.3 is 0 Å². The topological polar surface area (TPSA) is 25.8 Å². The molecular formula is C50H30N2S. The normalized spacial score (nSPS) is 11.8. The van der Waals surface area contributed by atoms with Gasteiger partial charge in [-0.15, -0.1) is 11.3 Å². The Hall–Kier alpha value is -6.68. The molecule has 3 heteroatoms. The molecule has 0 fully saturated rings. The van der Waals surface area contributed by atoms with Crippen molar-refractivity contribution in [3.8, 4) is 45.0 Å². The Labute approximate surface area is 310 Å². The summed E-state index contributed by atoms with van der Waals surface area (Å²) in [6, 6.07) is 65.5. The fraction of sp³-hybridized carbons (Fsp3) is 0. The highest BCUT2D eigenvalue weighted by atomic mass is 32.1. The van der Waals surface area contributed by atoms with Gasteiger partial charge in [0.25, 0.3) is 0 Å². The lowest BCUT2D eigenvalue weighted by molar-refractivity contribution is 1.18. The van der Waals surface area contributed by atoms with E-state index in [-0.39, 0.29) is 0 Å². The standard InChI is InChI=1S/C50H30N2S/c1-3-13-32(14-4-1)46-30-47(52-50(51-46)33-15-5-2-6-16-33)36-18-11-17-34(26-36)35-23-24-40-42(27-35)38-20-9-10-21-39(38)43-28-45-41-25-22-31-12-7-8-19-37(31)49(41)53-48(45)29-44(40)43/h1-30H. The maximum atomic E-state index is 5.11. The molecule has 0 saturated carbocycles. The van der Waals surface area contributed by atoms with Gasteiger partial charge in [0.2, 0.25) is 0 Å². The molecule has 0 unspecified atom stereocenters. The molecule has 0 saturated heterocycles. The predicted molar refractivity (Wildman–Crippen MR) is 227 cm³/mol. The van der Waals surface area contributed by atoms with Crippen LogP contribution in [0.25, 0.3) is 108 Å². The van der Waals surface area contributed by atoms with Crippen molar-refractivity contribution >= 4 is 74.6 Å². The van der Waals surface area contributed by atoms with Crippen LogP contribution in [0.4, 0.5) is 0 Å². The number of fused-ring (bicyclic) bond motifs is 11. The highest BCUT2D eigenvalue weighted by molar-refractivity contribution is 7.26. The first-order valence-electron chi connectivity index (χ1n) is 18.0. The Morgan fingerprint density at radius 3 is 1.66 bits per heavy atom. The highest BCUT2D eigenvalue weighted by Gasteiger charge is 2.16. The number of aromatic nitrogens is 2. The zero-order valence-electron chi connectivity index (χ0n) is 28.6. The van der Waals surface area contributed by atoms with Crippen LogP contribution < -0.4 is 0 Å². The van der Waals surface area contributed by atoms with Gasteiger partial charge in [0.15, 0.2) is 5.82 Å². The number of nitrogens with zero attached hydrogens (tertiary/aromatic N) is 2. The summed E-state index contributed by atoms with van der Waals surface area (Å²) in [6.07, 6.45) is 0. The van der Waals surface area contributed by atoms with Gasteiger partial charge in [-0.05, 0) is 84.5 Å². The molecule has 9 aromatic carbocycles. The average Bonchev–Trinajstić information content (AvgIpc) is 3.61. The van der Waals surface area contributed by atoms with Gasteiger partial charge < -0.3 is 0 Å². The summed E-state index contributed by atoms with van der Waals surface area (Å²) in [5, 5.41) is 13.0. The molecule has 246 valence electrons. The summed E-state index contributed by atoms with van der Waals surface area (Å²) in [4.78, 5) is 10.1. The molecule has 0 aliphatic rings. The molecule has 2 heterocycles. The molecule has 2 aromatic heterocycles. The summed E-state index contributed by atoms with van der Waals surface area (Å²) in [7, 11) is 0. The number of benzene rings is 9. The van der Waals surface area contributed by atoms with Gasteiger partial charge in [-0.1, -0.05) is 152 Å². The van der Waals surface area contributed by atoms with E-state index < -0.39 is 0 Å². The van der Waals surface area contributed by atoms with Crippen molar-refractivity contribution in [2.45, 2.75) is 0 Å². The molecular weight excluding hydrogens is 661 g/mol. The van der Waals surface area contributed by atoms with E-state index >= 15 is 0 Å². The van der Waals surface area contributed by atoms with Crippen molar-refractivity contribution < 1.29 is 0 Å². The lowest BCUT2D eigenvalue weighted by atomic mass is 9.91. The van der Waals surface area contributed by atoms with Crippen LogP contribution in [-0.2, 0) is 0 Å². The van der Waals surface area contributed by atoms with Gasteiger partial charge in [0.05, 0.1) is 11.4 Å². The smallest absolute Gasteiger partial charge is 0.160 e. The van der Waals surface area contributed by atoms with Crippen LogP contribution in [0.1, 0.15) is 0 Å². The van der Waals surface area contributed by atoms with Gasteiger partial charge in [-0.3, -0.25) is 0 Å². The first-order chi connectivity index (χ1) is 26.2. The Balaban J connectivity index is 1.09. The van der Waals surface area contributed by atoms with Crippen molar-refractivity contribution in [3.05, 3.63) is 182 Å². The minimum absolute atomic E-state index is 0.720. The number of rotatable bonds is 4. The lowest BCUT2D eigenvalue weighted by Gasteiger charge is -2.13. The van der Waals surface area contributed by atoms with E-state index in [9.17, 15) is 0 Å². The molecule has 53 heavy (non-hydrogen) atoms. The van der Waals surface area contributed by atoms with Crippen LogP contribution in [-0.4, -0.2) is 9.97 Å². The number of thiophene rings is 1. The van der Waals surface area contributed by atoms with Crippen LogP contribution in [0, 0.1) is 0 Å². The second kappa shape index (κ2) is 11.9. The molecule has 0 amide bonds. The molecule has 0 aliphatic carbocycles. The quantitative estimate of drug-likeness (QED) is 0.172. The Kier molecular flexibility index (Phi) is 6.76. The van der Waals surface area contributed by atoms with Crippen molar-refractivity contribution in [3.63, 3.8) is 0 Å². The summed E-state index contributed by atoms with van der Waals surface area (Å²) in [6.45, 7) is 0. The third-order valence-corrected chi connectivity index (χ3v) is 11.8. The maximum Gasteiger partial charge on any atom is 0.160 e. The van der Waals surface area contributed by atoms with E-state index in [1.54, 1.807) is 0 Å². The Morgan fingerprint density at radius 2 is 0.868 bits per heavy atom. The minimum Gasteiger partial charge on any atom is -0.228 e. The molecule has 0 radical (unpaired) electrons. The fourth-order valence-corrected chi connectivity index (χ4v) is 9.32. The van der Waals surface area contributed by atoms with E-state index in [1.807, 2.05) is 35.6 Å². The predicted octanol–water partition coefficient (Wildman–Crippen LogP) is 14.1. The maximum absolute atomic E-state index is 5.11. The van der Waals surface area contributed by atoms with Crippen molar-refractivity contribution in [1.29, 1.82) is 0 Å². The zero-order valence-corrected chi connectivity index (χ0v) is 29.4. The molecule has 0 spiro atoms. The molecule has 2 nitrogen and oxygen atoms in total. The summed E-state index contributed by atoms with van der Waals surface area (Å²) in [5.74, 6) is 0.720. The second-order valence-electron chi connectivity index (χ2n) is 13.7. The minimum atomic E-state index is 0.720. The second-order valence-corrected chi connectivity index (χ2v) is 14.8. The van der Waals surface area contributed by atoms with Crippen LogP contribution in [0.15, 0.2) is 182 Å². The van der Waals surface area contributed by atoms with E-state index in [2.05, 4.69) is 158 Å². The van der Waals surface area contributed by atoms with Gasteiger partial charge in [0.1, 0.15) is 0 Å². The van der Waals surface area contributed by atoms with E-state index in [0.717, 1.165) is 39.5 Å². The molecule has 0 aliphatic heterocycles. The largest absolute Gasteiger partial charge is 0.228 e. The summed E-state index contributed by atoms with van der Waals surface area (Å²) in [5.41, 5.74) is 7.27. The Bertz CT molecular complexity index is 3160. The van der Waals surface area contributed by atoms with Gasteiger partial charge in [-0.2, -0.15) is 0 Å². The molecule has 0 N–H and O–H groups in total. The van der Waals surface area contributed by atoms with Gasteiger partial charge in [-0.25, -0.2) is 9.97 Å². The SMILES string of the molecule is c1ccc(-c2cc(-c3cccc(-c4ccc5c(c4)c4ccccc4c4cc6c(cc54)sc4c5ccccc5ccc64)c3)nc(-c3ccccc3)n2)cc1. The third kappa shape index (κ3) is 4.93. The number of hydrogen-bond donors (Lipinski definition) is 0. The Morgan fingerprint density at radius 1 is 0.302 bits per heavy atom. The van der Waals surface area contributed by atoms with Crippen LogP contribution in [0.2, 0.25) is 0 Å². The summed E-state index contributed by atoms with van der Waals surface area (Å²) < 4.78 is 2.69. The van der Waals surface area contributed by atoms with Crippen LogP contribution in [0.5, 0.6) is 0 Å². The fourth-order valence-electron chi connectivity index (χ4n) is 8.06. The molecule has 11 rings (SSSR count). The molecule has 0 atom stereocenters. The van der Waals surface area contributed by atoms with Crippen molar-refractivity contribution in [2.24, 2.45) is 0 Å². The first kappa shape index (κ1) is 30.0. The molecule has 0 bridgehead atoms. The first-order valence-corrected chi connectivity index (χ1v) is 18.8. The average molecular weight is 691 g/mol. The van der Waals surface area contributed by atoms with Gasteiger partial charge in [0, 0.05) is 36.9 Å². The third-order valence-electron chi connectivity index (χ3n) is 10.6. The van der Waals surface area contributed by atoms with E-state index in [4.69, 9.17) is 9.97 Å². The van der Waals surface area contributed by atoms with Crippen LogP contribution >= 0.6 is 11.3 Å². The summed E-state index contributed by atoms with van der Waals surface area (Å²) >= 11 is 1.91. The van der Waals surface area contributed by atoms with Crippen molar-refractivity contribution in [1.82, 2.24) is 9.97 Å². The number of hydrogen-bond acceptors (Lipinski definition) is 3. The van der Waals surface area contributed by atoms with Crippen molar-refractivity contribution in [2.75, 3.05) is 0 Å².